The van der Waals surface area contributed by atoms with E-state index in [9.17, 15) is 19.2 Å². The third-order valence-electron chi connectivity index (χ3n) is 3.78. The number of nitrogens with one attached hydrogen (secondary N) is 1. The van der Waals surface area contributed by atoms with Crippen molar-refractivity contribution in [2.24, 2.45) is 0 Å². The van der Waals surface area contributed by atoms with Crippen molar-refractivity contribution in [2.45, 2.75) is 19.8 Å². The number of carbonyl (C=O) groups excluding carboxylic acids is 4. The molecule has 1 aliphatic rings. The number of imide groups is 1. The second-order valence-corrected chi connectivity index (χ2v) is 6.50. The Morgan fingerprint density at radius 1 is 1.20 bits per heavy atom. The minimum Gasteiger partial charge on any atom is -0.462 e. The standard InChI is InChI=1S/C17H16N2O5S/c1-2-24-17(23)15-10-5-3-4-6-11(10)25-16(15)18-12(20)9-19-13(21)7-8-14(19)22/h3-6H,2,7-9H2,1H3,(H,18,20). The summed E-state index contributed by atoms with van der Waals surface area (Å²) in [4.78, 5) is 48.7. The Morgan fingerprint density at radius 2 is 1.88 bits per heavy atom. The smallest absolute Gasteiger partial charge is 0.341 e. The molecule has 0 radical (unpaired) electrons. The van der Waals surface area contributed by atoms with Crippen LogP contribution in [0, 0.1) is 0 Å². The van der Waals surface area contributed by atoms with Crippen LogP contribution in [0.3, 0.4) is 0 Å². The fourth-order valence-electron chi connectivity index (χ4n) is 2.65. The molecule has 1 aromatic carbocycles. The Labute approximate surface area is 147 Å². The average Bonchev–Trinajstić information content (AvgIpc) is 3.09. The Bertz CT molecular complexity index is 857. The normalized spacial score (nSPS) is 14.2. The van der Waals surface area contributed by atoms with Crippen molar-refractivity contribution in [1.82, 2.24) is 4.90 Å². The van der Waals surface area contributed by atoms with Crippen LogP contribution < -0.4 is 5.32 Å². The summed E-state index contributed by atoms with van der Waals surface area (Å²) in [5.41, 5.74) is 0.287. The molecule has 1 N–H and O–H groups in total. The monoisotopic (exact) mass is 360 g/mol. The number of esters is 1. The molecular weight excluding hydrogens is 344 g/mol. The molecule has 1 saturated heterocycles. The summed E-state index contributed by atoms with van der Waals surface area (Å²) in [5, 5.41) is 3.68. The van der Waals surface area contributed by atoms with Gasteiger partial charge in [-0.15, -0.1) is 11.3 Å². The first-order valence-electron chi connectivity index (χ1n) is 7.83. The lowest BCUT2D eigenvalue weighted by Crippen LogP contribution is -2.36. The van der Waals surface area contributed by atoms with Crippen molar-refractivity contribution in [3.8, 4) is 0 Å². The number of ether oxygens (including phenoxy) is 1. The molecule has 1 aromatic heterocycles. The van der Waals surface area contributed by atoms with Crippen molar-refractivity contribution in [1.29, 1.82) is 0 Å². The highest BCUT2D eigenvalue weighted by Gasteiger charge is 2.31. The van der Waals surface area contributed by atoms with E-state index in [1.165, 1.54) is 11.3 Å². The Hall–Kier alpha value is -2.74. The average molecular weight is 360 g/mol. The maximum absolute atomic E-state index is 12.3. The lowest BCUT2D eigenvalue weighted by Gasteiger charge is -2.13. The number of hydrogen-bond donors (Lipinski definition) is 1. The summed E-state index contributed by atoms with van der Waals surface area (Å²) in [6.45, 7) is 1.57. The van der Waals surface area contributed by atoms with Gasteiger partial charge in [-0.2, -0.15) is 0 Å². The van der Waals surface area contributed by atoms with E-state index >= 15 is 0 Å². The number of nitrogens with zero attached hydrogens (tertiary/aromatic N) is 1. The first kappa shape index (κ1) is 17.1. The van der Waals surface area contributed by atoms with E-state index in [0.717, 1.165) is 9.60 Å². The second kappa shape index (κ2) is 7.02. The third kappa shape index (κ3) is 3.39. The number of rotatable bonds is 5. The third-order valence-corrected chi connectivity index (χ3v) is 4.87. The molecule has 3 rings (SSSR count). The van der Waals surface area contributed by atoms with Gasteiger partial charge in [-0.1, -0.05) is 18.2 Å². The predicted molar refractivity (Wildman–Crippen MR) is 92.4 cm³/mol. The maximum Gasteiger partial charge on any atom is 0.341 e. The predicted octanol–water partition coefficient (Wildman–Crippen LogP) is 2.17. The summed E-state index contributed by atoms with van der Waals surface area (Å²) in [6.07, 6.45) is 0.256. The molecule has 1 fully saturated rings. The van der Waals surface area contributed by atoms with Crippen LogP contribution in [-0.4, -0.2) is 41.7 Å². The van der Waals surface area contributed by atoms with Crippen molar-refractivity contribution < 1.29 is 23.9 Å². The van der Waals surface area contributed by atoms with Gasteiger partial charge in [-0.25, -0.2) is 4.79 Å². The molecule has 25 heavy (non-hydrogen) atoms. The molecule has 7 nitrogen and oxygen atoms in total. The first-order chi connectivity index (χ1) is 12.0. The molecule has 0 atom stereocenters. The van der Waals surface area contributed by atoms with E-state index in [4.69, 9.17) is 4.74 Å². The van der Waals surface area contributed by atoms with Crippen molar-refractivity contribution in [3.63, 3.8) is 0 Å². The zero-order chi connectivity index (χ0) is 18.0. The minimum absolute atomic E-state index is 0.128. The number of anilines is 1. The number of benzene rings is 1. The van der Waals surface area contributed by atoms with Crippen molar-refractivity contribution in [2.75, 3.05) is 18.5 Å². The van der Waals surface area contributed by atoms with Gasteiger partial charge >= 0.3 is 5.97 Å². The topological polar surface area (TPSA) is 92.8 Å². The van der Waals surface area contributed by atoms with Gasteiger partial charge in [0.05, 0.1) is 6.61 Å². The fraction of sp³-hybridized carbons (Fsp3) is 0.294. The zero-order valence-corrected chi connectivity index (χ0v) is 14.4. The van der Waals surface area contributed by atoms with Gasteiger partial charge in [0, 0.05) is 22.9 Å². The minimum atomic E-state index is -0.527. The lowest BCUT2D eigenvalue weighted by molar-refractivity contribution is -0.141. The fourth-order valence-corrected chi connectivity index (χ4v) is 3.76. The molecule has 2 heterocycles. The SMILES string of the molecule is CCOC(=O)c1c(NC(=O)CN2C(=O)CCC2=O)sc2ccccc12. The summed E-state index contributed by atoms with van der Waals surface area (Å²) in [7, 11) is 0. The zero-order valence-electron chi connectivity index (χ0n) is 13.5. The number of thiophene rings is 1. The van der Waals surface area contributed by atoms with E-state index < -0.39 is 11.9 Å². The van der Waals surface area contributed by atoms with E-state index in [0.29, 0.717) is 10.4 Å². The van der Waals surface area contributed by atoms with Crippen LogP contribution in [0.2, 0.25) is 0 Å². The molecule has 8 heteroatoms. The summed E-state index contributed by atoms with van der Waals surface area (Å²) < 4.78 is 5.91. The van der Waals surface area contributed by atoms with E-state index in [-0.39, 0.29) is 43.4 Å². The Balaban J connectivity index is 1.86. The molecule has 2 aromatic rings. The van der Waals surface area contributed by atoms with Gasteiger partial charge in [-0.05, 0) is 13.0 Å². The van der Waals surface area contributed by atoms with Crippen LogP contribution in [0.25, 0.3) is 10.1 Å². The number of likely N-dealkylation sites (tertiary alicyclic amines) is 1. The van der Waals surface area contributed by atoms with Crippen LogP contribution in [0.5, 0.6) is 0 Å². The highest BCUT2D eigenvalue weighted by molar-refractivity contribution is 7.23. The van der Waals surface area contributed by atoms with Crippen LogP contribution in [0.4, 0.5) is 5.00 Å². The molecule has 0 spiro atoms. The molecule has 3 amide bonds. The second-order valence-electron chi connectivity index (χ2n) is 5.44. The van der Waals surface area contributed by atoms with Crippen LogP contribution in [-0.2, 0) is 19.1 Å². The Kier molecular flexibility index (Phi) is 4.80. The molecule has 0 unspecified atom stereocenters. The van der Waals surface area contributed by atoms with Crippen LogP contribution in [0.1, 0.15) is 30.1 Å². The van der Waals surface area contributed by atoms with Crippen molar-refractivity contribution in [3.05, 3.63) is 29.8 Å². The molecule has 0 bridgehead atoms. The van der Waals surface area contributed by atoms with Crippen LogP contribution >= 0.6 is 11.3 Å². The van der Waals surface area contributed by atoms with E-state index in [1.807, 2.05) is 12.1 Å². The van der Waals surface area contributed by atoms with Gasteiger partial charge < -0.3 is 10.1 Å². The summed E-state index contributed by atoms with van der Waals surface area (Å²) in [5.74, 6) is -1.77. The highest BCUT2D eigenvalue weighted by atomic mass is 32.1. The Morgan fingerprint density at radius 3 is 2.56 bits per heavy atom. The maximum atomic E-state index is 12.3. The molecule has 0 saturated carbocycles. The number of fused-ring (bicyclic) bond motifs is 1. The number of hydrogen-bond acceptors (Lipinski definition) is 6. The first-order valence-corrected chi connectivity index (χ1v) is 8.64. The number of amides is 3. The van der Waals surface area contributed by atoms with E-state index in [2.05, 4.69) is 5.32 Å². The van der Waals surface area contributed by atoms with Gasteiger partial charge in [0.15, 0.2) is 0 Å². The molecular formula is C17H16N2O5S. The van der Waals surface area contributed by atoms with Gasteiger partial charge in [0.25, 0.3) is 0 Å². The quantitative estimate of drug-likeness (QED) is 0.651. The largest absolute Gasteiger partial charge is 0.462 e. The summed E-state index contributed by atoms with van der Waals surface area (Å²) in [6, 6.07) is 7.25. The summed E-state index contributed by atoms with van der Waals surface area (Å²) >= 11 is 1.24. The molecule has 130 valence electrons. The molecule has 0 aliphatic carbocycles. The highest BCUT2D eigenvalue weighted by Crippen LogP contribution is 2.36. The van der Waals surface area contributed by atoms with Gasteiger partial charge in [0.1, 0.15) is 17.1 Å². The number of carbonyl (C=O) groups is 4. The van der Waals surface area contributed by atoms with Gasteiger partial charge in [-0.3, -0.25) is 19.3 Å². The van der Waals surface area contributed by atoms with E-state index in [1.54, 1.807) is 19.1 Å². The van der Waals surface area contributed by atoms with Crippen molar-refractivity contribution >= 4 is 50.1 Å². The lowest BCUT2D eigenvalue weighted by atomic mass is 10.1. The van der Waals surface area contributed by atoms with Gasteiger partial charge in [0.2, 0.25) is 17.7 Å². The van der Waals surface area contributed by atoms with Crippen LogP contribution in [0.15, 0.2) is 24.3 Å². The molecule has 1 aliphatic heterocycles.